The van der Waals surface area contributed by atoms with Crippen molar-refractivity contribution in [2.75, 3.05) is 13.7 Å². The number of rotatable bonds is 5. The van der Waals surface area contributed by atoms with Crippen LogP contribution in [0.5, 0.6) is 5.75 Å². The first-order chi connectivity index (χ1) is 9.24. The zero-order valence-electron chi connectivity index (χ0n) is 11.1. The summed E-state index contributed by atoms with van der Waals surface area (Å²) in [5, 5.41) is 3.11. The van der Waals surface area contributed by atoms with Gasteiger partial charge in [0, 0.05) is 13.0 Å². The molecule has 102 valence electrons. The summed E-state index contributed by atoms with van der Waals surface area (Å²) < 4.78 is 10.7. The van der Waals surface area contributed by atoms with Gasteiger partial charge in [-0.3, -0.25) is 4.79 Å². The fourth-order valence-corrected chi connectivity index (χ4v) is 2.24. The number of allylic oxidation sites excluding steroid dienone is 1. The standard InChI is InChI=1S/C15H19NO3/c1-3-6-11-7-4-5-8-14(11)19-12-9-13(16-10-12)15(17)18-2/h3-5,7-8,12-13,16H,1,6,9-10H2,2H3/t12-,13+/m1/s1. The van der Waals surface area contributed by atoms with Gasteiger partial charge in [-0.1, -0.05) is 24.3 Å². The van der Waals surface area contributed by atoms with Gasteiger partial charge in [-0.25, -0.2) is 0 Å². The van der Waals surface area contributed by atoms with Crippen LogP contribution < -0.4 is 10.1 Å². The largest absolute Gasteiger partial charge is 0.489 e. The number of methoxy groups -OCH3 is 1. The molecule has 2 atom stereocenters. The number of carbonyl (C=O) groups excluding carboxylic acids is 1. The Hall–Kier alpha value is -1.81. The van der Waals surface area contributed by atoms with Gasteiger partial charge in [0.25, 0.3) is 0 Å². The van der Waals surface area contributed by atoms with E-state index in [9.17, 15) is 4.79 Å². The van der Waals surface area contributed by atoms with Crippen molar-refractivity contribution in [1.82, 2.24) is 5.32 Å². The van der Waals surface area contributed by atoms with E-state index in [-0.39, 0.29) is 18.1 Å². The van der Waals surface area contributed by atoms with Gasteiger partial charge < -0.3 is 14.8 Å². The molecule has 0 bridgehead atoms. The molecule has 1 aromatic carbocycles. The Labute approximate surface area is 113 Å². The first-order valence-corrected chi connectivity index (χ1v) is 6.41. The molecule has 0 amide bonds. The van der Waals surface area contributed by atoms with Crippen LogP contribution in [0.25, 0.3) is 0 Å². The third kappa shape index (κ3) is 3.35. The monoisotopic (exact) mass is 261 g/mol. The minimum Gasteiger partial charge on any atom is -0.489 e. The van der Waals surface area contributed by atoms with Crippen LogP contribution in [0.3, 0.4) is 0 Å². The van der Waals surface area contributed by atoms with E-state index in [4.69, 9.17) is 9.47 Å². The Morgan fingerprint density at radius 1 is 1.53 bits per heavy atom. The highest BCUT2D eigenvalue weighted by Gasteiger charge is 2.31. The molecule has 19 heavy (non-hydrogen) atoms. The van der Waals surface area contributed by atoms with Crippen LogP contribution >= 0.6 is 0 Å². The highest BCUT2D eigenvalue weighted by atomic mass is 16.5. The smallest absolute Gasteiger partial charge is 0.323 e. The van der Waals surface area contributed by atoms with E-state index in [2.05, 4.69) is 11.9 Å². The summed E-state index contributed by atoms with van der Waals surface area (Å²) in [6.07, 6.45) is 3.26. The van der Waals surface area contributed by atoms with E-state index in [0.29, 0.717) is 13.0 Å². The number of para-hydroxylation sites is 1. The number of hydrogen-bond donors (Lipinski definition) is 1. The lowest BCUT2D eigenvalue weighted by atomic mass is 10.1. The molecule has 4 heteroatoms. The number of carbonyl (C=O) groups is 1. The number of nitrogens with one attached hydrogen (secondary N) is 1. The molecule has 4 nitrogen and oxygen atoms in total. The van der Waals surface area contributed by atoms with Gasteiger partial charge in [-0.15, -0.1) is 6.58 Å². The van der Waals surface area contributed by atoms with E-state index in [0.717, 1.165) is 17.7 Å². The summed E-state index contributed by atoms with van der Waals surface area (Å²) in [7, 11) is 1.40. The summed E-state index contributed by atoms with van der Waals surface area (Å²) in [4.78, 5) is 11.4. The zero-order valence-corrected chi connectivity index (χ0v) is 11.1. The molecule has 1 aliphatic rings. The number of ether oxygens (including phenoxy) is 2. The van der Waals surface area contributed by atoms with Crippen molar-refractivity contribution in [3.8, 4) is 5.75 Å². The average molecular weight is 261 g/mol. The molecular weight excluding hydrogens is 242 g/mol. The summed E-state index contributed by atoms with van der Waals surface area (Å²) >= 11 is 0. The van der Waals surface area contributed by atoms with E-state index in [1.54, 1.807) is 0 Å². The highest BCUT2D eigenvalue weighted by Crippen LogP contribution is 2.23. The van der Waals surface area contributed by atoms with E-state index in [1.807, 2.05) is 30.3 Å². The van der Waals surface area contributed by atoms with Crippen LogP contribution in [0.2, 0.25) is 0 Å². The number of hydrogen-bond acceptors (Lipinski definition) is 4. The molecule has 0 radical (unpaired) electrons. The number of esters is 1. The Bertz CT molecular complexity index is 458. The predicted molar refractivity (Wildman–Crippen MR) is 73.2 cm³/mol. The molecule has 1 N–H and O–H groups in total. The third-order valence-electron chi connectivity index (χ3n) is 3.21. The minimum atomic E-state index is -0.262. The van der Waals surface area contributed by atoms with Crippen molar-refractivity contribution in [1.29, 1.82) is 0 Å². The summed E-state index contributed by atoms with van der Waals surface area (Å²) in [5.74, 6) is 0.630. The molecule has 1 fully saturated rings. The maximum absolute atomic E-state index is 11.4. The van der Waals surface area contributed by atoms with Gasteiger partial charge in [0.15, 0.2) is 0 Å². The van der Waals surface area contributed by atoms with Crippen LogP contribution in [-0.2, 0) is 16.0 Å². The molecule has 2 rings (SSSR count). The van der Waals surface area contributed by atoms with Crippen molar-refractivity contribution in [3.05, 3.63) is 42.5 Å². The van der Waals surface area contributed by atoms with Gasteiger partial charge in [0.05, 0.1) is 7.11 Å². The Balaban J connectivity index is 1.99. The molecule has 1 saturated heterocycles. The molecule has 1 aromatic rings. The van der Waals surface area contributed by atoms with Crippen molar-refractivity contribution in [2.45, 2.75) is 25.0 Å². The lowest BCUT2D eigenvalue weighted by Crippen LogP contribution is -2.31. The molecule has 0 saturated carbocycles. The Morgan fingerprint density at radius 3 is 3.05 bits per heavy atom. The fourth-order valence-electron chi connectivity index (χ4n) is 2.24. The maximum atomic E-state index is 11.4. The third-order valence-corrected chi connectivity index (χ3v) is 3.21. The van der Waals surface area contributed by atoms with E-state index < -0.39 is 0 Å². The van der Waals surface area contributed by atoms with Gasteiger partial charge in [0.1, 0.15) is 17.9 Å². The zero-order chi connectivity index (χ0) is 13.7. The second-order valence-corrected chi connectivity index (χ2v) is 4.56. The van der Waals surface area contributed by atoms with Gasteiger partial charge in [-0.2, -0.15) is 0 Å². The van der Waals surface area contributed by atoms with Crippen LogP contribution in [0, 0.1) is 0 Å². The molecule has 0 aliphatic carbocycles. The number of benzene rings is 1. The average Bonchev–Trinajstić information content (AvgIpc) is 2.89. The molecule has 1 heterocycles. The van der Waals surface area contributed by atoms with Crippen molar-refractivity contribution >= 4 is 5.97 Å². The quantitative estimate of drug-likeness (QED) is 0.647. The van der Waals surface area contributed by atoms with Crippen LogP contribution in [0.1, 0.15) is 12.0 Å². The summed E-state index contributed by atoms with van der Waals surface area (Å²) in [6, 6.07) is 7.64. The molecular formula is C15H19NO3. The Morgan fingerprint density at radius 2 is 2.32 bits per heavy atom. The van der Waals surface area contributed by atoms with Crippen LogP contribution in [-0.4, -0.2) is 31.8 Å². The molecule has 1 aliphatic heterocycles. The minimum absolute atomic E-state index is 0.00457. The SMILES string of the molecule is C=CCc1ccccc1O[C@H]1CN[C@H](C(=O)OC)C1. The fraction of sp³-hybridized carbons (Fsp3) is 0.400. The van der Waals surface area contributed by atoms with Gasteiger partial charge in [-0.05, 0) is 18.1 Å². The second-order valence-electron chi connectivity index (χ2n) is 4.56. The highest BCUT2D eigenvalue weighted by molar-refractivity contribution is 5.76. The van der Waals surface area contributed by atoms with Crippen molar-refractivity contribution in [3.63, 3.8) is 0 Å². The summed E-state index contributed by atoms with van der Waals surface area (Å²) in [6.45, 7) is 4.40. The van der Waals surface area contributed by atoms with Crippen molar-refractivity contribution < 1.29 is 14.3 Å². The molecule has 0 unspecified atom stereocenters. The van der Waals surface area contributed by atoms with Gasteiger partial charge in [0.2, 0.25) is 0 Å². The lowest BCUT2D eigenvalue weighted by molar-refractivity contribution is -0.142. The van der Waals surface area contributed by atoms with Crippen LogP contribution in [0.4, 0.5) is 0 Å². The first-order valence-electron chi connectivity index (χ1n) is 6.41. The lowest BCUT2D eigenvalue weighted by Gasteiger charge is -2.15. The predicted octanol–water partition coefficient (Wildman–Crippen LogP) is 1.70. The second kappa shape index (κ2) is 6.38. The van der Waals surface area contributed by atoms with E-state index >= 15 is 0 Å². The van der Waals surface area contributed by atoms with Crippen molar-refractivity contribution in [2.24, 2.45) is 0 Å². The first kappa shape index (κ1) is 13.6. The summed E-state index contributed by atoms with van der Waals surface area (Å²) in [5.41, 5.74) is 1.11. The topological polar surface area (TPSA) is 47.6 Å². The Kier molecular flexibility index (Phi) is 4.58. The normalized spacial score (nSPS) is 21.9. The molecule has 0 aromatic heterocycles. The van der Waals surface area contributed by atoms with Crippen LogP contribution in [0.15, 0.2) is 36.9 Å². The molecule has 0 spiro atoms. The van der Waals surface area contributed by atoms with Gasteiger partial charge >= 0.3 is 5.97 Å². The maximum Gasteiger partial charge on any atom is 0.323 e. The van der Waals surface area contributed by atoms with E-state index in [1.165, 1.54) is 7.11 Å².